The molecule has 3 aromatic rings. The molecule has 31 heavy (non-hydrogen) atoms. The van der Waals surface area contributed by atoms with Gasteiger partial charge >= 0.3 is 5.63 Å². The van der Waals surface area contributed by atoms with Gasteiger partial charge in [-0.1, -0.05) is 12.1 Å². The number of amides is 1. The average Bonchev–Trinajstić information content (AvgIpc) is 3.22. The zero-order valence-corrected chi connectivity index (χ0v) is 18.1. The zero-order valence-electron chi connectivity index (χ0n) is 17.3. The molecule has 0 saturated heterocycles. The van der Waals surface area contributed by atoms with E-state index in [1.54, 1.807) is 31.2 Å². The Morgan fingerprint density at radius 2 is 1.84 bits per heavy atom. The molecule has 1 heterocycles. The van der Waals surface area contributed by atoms with Crippen LogP contribution in [0.5, 0.6) is 5.75 Å². The summed E-state index contributed by atoms with van der Waals surface area (Å²) < 4.78 is 34.1. The first-order chi connectivity index (χ1) is 14.7. The maximum atomic E-state index is 12.3. The normalized spacial score (nSPS) is 14.3. The van der Waals surface area contributed by atoms with Crippen LogP contribution in [-0.2, 0) is 27.5 Å². The van der Waals surface area contributed by atoms with E-state index in [-0.39, 0.29) is 29.1 Å². The molecule has 7 nitrogen and oxygen atoms in total. The molecule has 1 N–H and O–H groups in total. The van der Waals surface area contributed by atoms with Crippen LogP contribution >= 0.6 is 0 Å². The van der Waals surface area contributed by atoms with Crippen LogP contribution in [0.4, 0.5) is 0 Å². The monoisotopic (exact) mass is 441 g/mol. The standard InChI is InChI=1S/C23H23NO6S/c1-14(15-6-9-17(10-7-15)31(2,27)28)24-22(25)13-29-16-8-11-19-18-4-3-5-20(18)23(26)30-21(19)12-16/h6-12,14H,3-5,13H2,1-2H3,(H,24,25). The maximum absolute atomic E-state index is 12.3. The number of carbonyl (C=O) groups is 1. The van der Waals surface area contributed by atoms with Gasteiger partial charge in [0.15, 0.2) is 16.4 Å². The van der Waals surface area contributed by atoms with Gasteiger partial charge in [0.25, 0.3) is 5.91 Å². The first-order valence-corrected chi connectivity index (χ1v) is 11.9. The van der Waals surface area contributed by atoms with Gasteiger partial charge in [-0.05, 0) is 61.6 Å². The summed E-state index contributed by atoms with van der Waals surface area (Å²) in [5.74, 6) is 0.115. The minimum absolute atomic E-state index is 0.202. The van der Waals surface area contributed by atoms with Crippen molar-refractivity contribution in [2.75, 3.05) is 12.9 Å². The fourth-order valence-electron chi connectivity index (χ4n) is 3.87. The molecule has 4 rings (SSSR count). The molecule has 0 radical (unpaired) electrons. The van der Waals surface area contributed by atoms with Crippen molar-refractivity contribution in [1.29, 1.82) is 0 Å². The molecule has 0 spiro atoms. The Bertz CT molecular complexity index is 1310. The molecule has 0 fully saturated rings. The van der Waals surface area contributed by atoms with Crippen LogP contribution in [-0.4, -0.2) is 27.2 Å². The highest BCUT2D eigenvalue weighted by Gasteiger charge is 2.20. The summed E-state index contributed by atoms with van der Waals surface area (Å²) in [5.41, 5.74) is 2.75. The van der Waals surface area contributed by atoms with Crippen molar-refractivity contribution in [3.05, 3.63) is 69.6 Å². The second-order valence-corrected chi connectivity index (χ2v) is 9.79. The van der Waals surface area contributed by atoms with Gasteiger partial charge in [-0.2, -0.15) is 0 Å². The molecule has 0 saturated carbocycles. The third-order valence-corrected chi connectivity index (χ3v) is 6.63. The van der Waals surface area contributed by atoms with E-state index in [9.17, 15) is 18.0 Å². The highest BCUT2D eigenvalue weighted by atomic mass is 32.2. The largest absolute Gasteiger partial charge is 0.484 e. The summed E-state index contributed by atoms with van der Waals surface area (Å²) in [6.07, 6.45) is 3.72. The number of hydrogen-bond acceptors (Lipinski definition) is 6. The molecule has 2 aromatic carbocycles. The number of aryl methyl sites for hydroxylation is 1. The van der Waals surface area contributed by atoms with E-state index >= 15 is 0 Å². The van der Waals surface area contributed by atoms with Crippen LogP contribution in [0, 0.1) is 0 Å². The summed E-state index contributed by atoms with van der Waals surface area (Å²) in [6.45, 7) is 1.60. The number of hydrogen-bond donors (Lipinski definition) is 1. The molecule has 162 valence electrons. The van der Waals surface area contributed by atoms with Gasteiger partial charge in [0, 0.05) is 23.3 Å². The van der Waals surface area contributed by atoms with E-state index in [4.69, 9.17) is 9.15 Å². The number of benzene rings is 2. The minimum atomic E-state index is -3.26. The predicted molar refractivity (Wildman–Crippen MR) is 116 cm³/mol. The van der Waals surface area contributed by atoms with Crippen molar-refractivity contribution < 1.29 is 22.4 Å². The Morgan fingerprint density at radius 1 is 1.13 bits per heavy atom. The summed E-state index contributed by atoms with van der Waals surface area (Å²) in [7, 11) is -3.26. The lowest BCUT2D eigenvalue weighted by Gasteiger charge is -2.15. The quantitative estimate of drug-likeness (QED) is 0.590. The van der Waals surface area contributed by atoms with E-state index in [1.165, 1.54) is 12.1 Å². The second-order valence-electron chi connectivity index (χ2n) is 7.78. The van der Waals surface area contributed by atoms with E-state index in [0.29, 0.717) is 11.3 Å². The molecule has 1 aliphatic rings. The van der Waals surface area contributed by atoms with Crippen molar-refractivity contribution in [2.45, 2.75) is 37.1 Å². The SMILES string of the molecule is CC(NC(=O)COc1ccc2c3c(c(=O)oc2c1)CCC3)c1ccc(S(C)(=O)=O)cc1. The molecule has 1 atom stereocenters. The van der Waals surface area contributed by atoms with Crippen LogP contribution in [0.1, 0.15) is 36.1 Å². The van der Waals surface area contributed by atoms with Crippen LogP contribution in [0.2, 0.25) is 0 Å². The van der Waals surface area contributed by atoms with Gasteiger partial charge in [0.05, 0.1) is 10.9 Å². The molecular formula is C23H23NO6S. The van der Waals surface area contributed by atoms with Crippen LogP contribution in [0.25, 0.3) is 11.0 Å². The highest BCUT2D eigenvalue weighted by Crippen LogP contribution is 2.29. The Kier molecular flexibility index (Phi) is 5.58. The second kappa shape index (κ2) is 8.19. The van der Waals surface area contributed by atoms with Crippen molar-refractivity contribution in [3.8, 4) is 5.75 Å². The first kappa shape index (κ1) is 21.1. The van der Waals surface area contributed by atoms with Crippen LogP contribution in [0.15, 0.2) is 56.6 Å². The summed E-state index contributed by atoms with van der Waals surface area (Å²) >= 11 is 0. The van der Waals surface area contributed by atoms with E-state index < -0.39 is 9.84 Å². The number of carbonyl (C=O) groups excluding carboxylic acids is 1. The molecule has 8 heteroatoms. The lowest BCUT2D eigenvalue weighted by Crippen LogP contribution is -2.31. The zero-order chi connectivity index (χ0) is 22.2. The minimum Gasteiger partial charge on any atom is -0.484 e. The lowest BCUT2D eigenvalue weighted by atomic mass is 10.1. The van der Waals surface area contributed by atoms with E-state index in [1.807, 2.05) is 6.07 Å². The van der Waals surface area contributed by atoms with Gasteiger partial charge in [0.1, 0.15) is 11.3 Å². The smallest absolute Gasteiger partial charge is 0.339 e. The number of sulfone groups is 1. The first-order valence-electron chi connectivity index (χ1n) is 10.0. The van der Waals surface area contributed by atoms with Gasteiger partial charge in [0.2, 0.25) is 0 Å². The van der Waals surface area contributed by atoms with Crippen molar-refractivity contribution in [1.82, 2.24) is 5.32 Å². The third kappa shape index (κ3) is 4.49. The highest BCUT2D eigenvalue weighted by molar-refractivity contribution is 7.90. The molecule has 1 aliphatic carbocycles. The molecular weight excluding hydrogens is 418 g/mol. The fourth-order valence-corrected chi connectivity index (χ4v) is 4.50. The van der Waals surface area contributed by atoms with Gasteiger partial charge < -0.3 is 14.5 Å². The Morgan fingerprint density at radius 3 is 2.55 bits per heavy atom. The third-order valence-electron chi connectivity index (χ3n) is 5.50. The number of fused-ring (bicyclic) bond motifs is 3. The van der Waals surface area contributed by atoms with E-state index in [0.717, 1.165) is 47.6 Å². The van der Waals surface area contributed by atoms with Crippen LogP contribution in [0.3, 0.4) is 0 Å². The van der Waals surface area contributed by atoms with Gasteiger partial charge in [-0.25, -0.2) is 13.2 Å². The molecule has 0 bridgehead atoms. The summed E-state index contributed by atoms with van der Waals surface area (Å²) in [4.78, 5) is 24.6. The molecule has 1 aromatic heterocycles. The Balaban J connectivity index is 1.40. The Hall–Kier alpha value is -3.13. The fraction of sp³-hybridized carbons (Fsp3) is 0.304. The van der Waals surface area contributed by atoms with Gasteiger partial charge in [-0.3, -0.25) is 4.79 Å². The predicted octanol–water partition coefficient (Wildman–Crippen LogP) is 2.94. The number of nitrogens with one attached hydrogen (secondary N) is 1. The number of rotatable bonds is 6. The topological polar surface area (TPSA) is 103 Å². The van der Waals surface area contributed by atoms with E-state index in [2.05, 4.69) is 5.32 Å². The van der Waals surface area contributed by atoms with Crippen LogP contribution < -0.4 is 15.7 Å². The lowest BCUT2D eigenvalue weighted by molar-refractivity contribution is -0.123. The summed E-state index contributed by atoms with van der Waals surface area (Å²) in [6, 6.07) is 11.3. The van der Waals surface area contributed by atoms with Gasteiger partial charge in [-0.15, -0.1) is 0 Å². The average molecular weight is 442 g/mol. The summed E-state index contributed by atoms with van der Waals surface area (Å²) in [5, 5.41) is 3.73. The molecule has 0 aliphatic heterocycles. The van der Waals surface area contributed by atoms with Crippen molar-refractivity contribution in [2.24, 2.45) is 0 Å². The molecule has 1 amide bonds. The Labute approximate surface area is 180 Å². The maximum Gasteiger partial charge on any atom is 0.339 e. The number of ether oxygens (including phenoxy) is 1. The van der Waals surface area contributed by atoms with Crippen molar-refractivity contribution in [3.63, 3.8) is 0 Å². The molecule has 1 unspecified atom stereocenters. The van der Waals surface area contributed by atoms with Crippen molar-refractivity contribution >= 4 is 26.7 Å².